The third-order valence-electron chi connectivity index (χ3n) is 4.73. The summed E-state index contributed by atoms with van der Waals surface area (Å²) in [6.45, 7) is 3.06. The van der Waals surface area contributed by atoms with Crippen LogP contribution in [0.1, 0.15) is 17.3 Å². The first kappa shape index (κ1) is 23.5. The molecule has 0 aromatic heterocycles. The average molecular weight is 489 g/mol. The number of methoxy groups -OCH3 is 2. The molecule has 2 aromatic carbocycles. The topological polar surface area (TPSA) is 94.2 Å². The fourth-order valence-corrected chi connectivity index (χ4v) is 4.68. The molecule has 1 aliphatic heterocycles. The van der Waals surface area contributed by atoms with E-state index in [1.54, 1.807) is 4.90 Å². The number of carbonyl (C=O) groups is 1. The molecule has 1 fully saturated rings. The van der Waals surface area contributed by atoms with Crippen molar-refractivity contribution in [2.75, 3.05) is 38.6 Å². The van der Waals surface area contributed by atoms with Gasteiger partial charge in [0.05, 0.1) is 53.1 Å². The van der Waals surface area contributed by atoms with E-state index in [0.29, 0.717) is 25.4 Å². The molecule has 3 rings (SSSR count). The number of anilines is 1. The van der Waals surface area contributed by atoms with Crippen molar-refractivity contribution in [2.45, 2.75) is 17.9 Å². The van der Waals surface area contributed by atoms with Crippen LogP contribution in [-0.4, -0.2) is 59.2 Å². The SMILES string of the molecule is COc1cc(OC)c(NS(=O)(=O)c2ccc(Cl)c(C(=O)N3CCOC(C)C3)c2)cc1Cl. The molecule has 0 aliphatic carbocycles. The van der Waals surface area contributed by atoms with Crippen LogP contribution >= 0.6 is 23.2 Å². The molecular formula is C20H22Cl2N2O6S. The van der Waals surface area contributed by atoms with Crippen molar-refractivity contribution in [3.63, 3.8) is 0 Å². The molecule has 8 nitrogen and oxygen atoms in total. The number of hydrogen-bond donors (Lipinski definition) is 1. The molecule has 1 N–H and O–H groups in total. The second-order valence-corrected chi connectivity index (χ2v) is 9.36. The predicted molar refractivity (Wildman–Crippen MR) is 118 cm³/mol. The van der Waals surface area contributed by atoms with E-state index in [9.17, 15) is 13.2 Å². The minimum absolute atomic E-state index is 0.0957. The summed E-state index contributed by atoms with van der Waals surface area (Å²) >= 11 is 12.3. The maximum atomic E-state index is 13.0. The number of benzene rings is 2. The van der Waals surface area contributed by atoms with Crippen molar-refractivity contribution in [1.29, 1.82) is 0 Å². The quantitative estimate of drug-likeness (QED) is 0.666. The van der Waals surface area contributed by atoms with Crippen molar-refractivity contribution in [3.8, 4) is 11.5 Å². The molecule has 1 heterocycles. The van der Waals surface area contributed by atoms with E-state index in [1.807, 2.05) is 6.92 Å². The number of rotatable bonds is 6. The summed E-state index contributed by atoms with van der Waals surface area (Å²) in [6, 6.07) is 6.81. The monoisotopic (exact) mass is 488 g/mol. The van der Waals surface area contributed by atoms with Crippen molar-refractivity contribution >= 4 is 44.8 Å². The van der Waals surface area contributed by atoms with E-state index >= 15 is 0 Å². The highest BCUT2D eigenvalue weighted by Crippen LogP contribution is 2.37. The van der Waals surface area contributed by atoms with Gasteiger partial charge < -0.3 is 19.1 Å². The van der Waals surface area contributed by atoms with E-state index in [1.165, 1.54) is 44.6 Å². The van der Waals surface area contributed by atoms with E-state index in [0.717, 1.165) is 0 Å². The minimum atomic E-state index is -4.08. The molecule has 168 valence electrons. The van der Waals surface area contributed by atoms with Crippen molar-refractivity contribution in [2.24, 2.45) is 0 Å². The van der Waals surface area contributed by atoms with E-state index < -0.39 is 10.0 Å². The lowest BCUT2D eigenvalue weighted by Crippen LogP contribution is -2.44. The van der Waals surface area contributed by atoms with Gasteiger partial charge in [0, 0.05) is 19.2 Å². The number of ether oxygens (including phenoxy) is 3. The zero-order valence-electron chi connectivity index (χ0n) is 17.1. The number of amides is 1. The maximum Gasteiger partial charge on any atom is 0.262 e. The Balaban J connectivity index is 1.93. The number of sulfonamides is 1. The summed E-state index contributed by atoms with van der Waals surface area (Å²) in [4.78, 5) is 14.4. The zero-order valence-corrected chi connectivity index (χ0v) is 19.5. The maximum absolute atomic E-state index is 13.0. The molecule has 0 bridgehead atoms. The van der Waals surface area contributed by atoms with Gasteiger partial charge in [0.1, 0.15) is 11.5 Å². The highest BCUT2D eigenvalue weighted by Gasteiger charge is 2.26. The first-order valence-corrected chi connectivity index (χ1v) is 11.5. The smallest absolute Gasteiger partial charge is 0.262 e. The molecule has 0 spiro atoms. The van der Waals surface area contributed by atoms with Gasteiger partial charge >= 0.3 is 0 Å². The third-order valence-corrected chi connectivity index (χ3v) is 6.71. The second kappa shape index (κ2) is 9.52. The van der Waals surface area contributed by atoms with Gasteiger partial charge in [-0.05, 0) is 31.2 Å². The van der Waals surface area contributed by atoms with Crippen LogP contribution < -0.4 is 14.2 Å². The molecule has 1 unspecified atom stereocenters. The molecule has 11 heteroatoms. The van der Waals surface area contributed by atoms with Gasteiger partial charge in [-0.15, -0.1) is 0 Å². The normalized spacial score (nSPS) is 16.7. The van der Waals surface area contributed by atoms with Crippen LogP contribution in [-0.2, 0) is 14.8 Å². The van der Waals surface area contributed by atoms with Crippen LogP contribution in [0.4, 0.5) is 5.69 Å². The molecule has 1 amide bonds. The Labute approximate surface area is 191 Å². The Bertz CT molecular complexity index is 1090. The van der Waals surface area contributed by atoms with E-state index in [4.69, 9.17) is 37.4 Å². The summed E-state index contributed by atoms with van der Waals surface area (Å²) < 4.78 is 44.3. The lowest BCUT2D eigenvalue weighted by molar-refractivity contribution is -0.0124. The van der Waals surface area contributed by atoms with Crippen molar-refractivity contribution in [3.05, 3.63) is 45.9 Å². The molecule has 0 radical (unpaired) electrons. The van der Waals surface area contributed by atoms with Crippen LogP contribution in [0.25, 0.3) is 0 Å². The molecule has 1 saturated heterocycles. The van der Waals surface area contributed by atoms with E-state index in [2.05, 4.69) is 4.72 Å². The van der Waals surface area contributed by atoms with Crippen LogP contribution in [0, 0.1) is 0 Å². The average Bonchev–Trinajstić information content (AvgIpc) is 2.73. The van der Waals surface area contributed by atoms with Gasteiger partial charge in [-0.2, -0.15) is 0 Å². The minimum Gasteiger partial charge on any atom is -0.495 e. The first-order valence-electron chi connectivity index (χ1n) is 9.31. The molecule has 1 aliphatic rings. The lowest BCUT2D eigenvalue weighted by Gasteiger charge is -2.31. The van der Waals surface area contributed by atoms with Crippen LogP contribution in [0.15, 0.2) is 35.2 Å². The molecule has 2 aromatic rings. The number of carbonyl (C=O) groups excluding carboxylic acids is 1. The number of morpholine rings is 1. The molecule has 0 saturated carbocycles. The van der Waals surface area contributed by atoms with Gasteiger partial charge in [0.25, 0.3) is 15.9 Å². The fraction of sp³-hybridized carbons (Fsp3) is 0.350. The fourth-order valence-electron chi connectivity index (χ4n) is 3.15. The Morgan fingerprint density at radius 3 is 2.48 bits per heavy atom. The standard InChI is InChI=1S/C20H22Cl2N2O6S/c1-12-11-24(6-7-30-12)20(25)14-8-13(4-5-15(14)21)31(26,27)23-17-9-16(22)18(28-2)10-19(17)29-3/h4-5,8-10,12,23H,6-7,11H2,1-3H3. The van der Waals surface area contributed by atoms with Crippen LogP contribution in [0.5, 0.6) is 11.5 Å². The highest BCUT2D eigenvalue weighted by atomic mass is 35.5. The number of nitrogens with one attached hydrogen (secondary N) is 1. The van der Waals surface area contributed by atoms with Gasteiger partial charge in [0.15, 0.2) is 0 Å². The Kier molecular flexibility index (Phi) is 7.20. The largest absolute Gasteiger partial charge is 0.495 e. The zero-order chi connectivity index (χ0) is 22.8. The number of hydrogen-bond acceptors (Lipinski definition) is 6. The third kappa shape index (κ3) is 5.17. The summed E-state index contributed by atoms with van der Waals surface area (Å²) in [6.07, 6.45) is -0.114. The molecule has 1 atom stereocenters. The Morgan fingerprint density at radius 1 is 1.13 bits per heavy atom. The predicted octanol–water partition coefficient (Wildman–Crippen LogP) is 3.67. The highest BCUT2D eigenvalue weighted by molar-refractivity contribution is 7.92. The van der Waals surface area contributed by atoms with Gasteiger partial charge in [-0.3, -0.25) is 9.52 Å². The Morgan fingerprint density at radius 2 is 1.84 bits per heavy atom. The van der Waals surface area contributed by atoms with Crippen LogP contribution in [0.3, 0.4) is 0 Å². The second-order valence-electron chi connectivity index (χ2n) is 6.87. The molecular weight excluding hydrogens is 467 g/mol. The molecule has 31 heavy (non-hydrogen) atoms. The van der Waals surface area contributed by atoms with Gasteiger partial charge in [-0.25, -0.2) is 8.42 Å². The van der Waals surface area contributed by atoms with Crippen molar-refractivity contribution < 1.29 is 27.4 Å². The first-order chi connectivity index (χ1) is 14.7. The van der Waals surface area contributed by atoms with E-state index in [-0.39, 0.29) is 44.0 Å². The van der Waals surface area contributed by atoms with Crippen LogP contribution in [0.2, 0.25) is 10.0 Å². The van der Waals surface area contributed by atoms with Gasteiger partial charge in [0.2, 0.25) is 0 Å². The summed E-state index contributed by atoms with van der Waals surface area (Å²) in [5, 5.41) is 0.363. The summed E-state index contributed by atoms with van der Waals surface area (Å²) in [5.41, 5.74) is 0.219. The number of nitrogens with zero attached hydrogens (tertiary/aromatic N) is 1. The lowest BCUT2D eigenvalue weighted by atomic mass is 10.1. The summed E-state index contributed by atoms with van der Waals surface area (Å²) in [5.74, 6) is 0.195. The summed E-state index contributed by atoms with van der Waals surface area (Å²) in [7, 11) is -1.25. The Hall–Kier alpha value is -2.20. The van der Waals surface area contributed by atoms with Gasteiger partial charge in [-0.1, -0.05) is 23.2 Å². The number of halogens is 2. The van der Waals surface area contributed by atoms with Crippen molar-refractivity contribution in [1.82, 2.24) is 4.90 Å².